The van der Waals surface area contributed by atoms with E-state index < -0.39 is 0 Å². The number of hydrogen-bond acceptors (Lipinski definition) is 5. The fourth-order valence-corrected chi connectivity index (χ4v) is 3.90. The molecule has 0 atom stereocenters. The van der Waals surface area contributed by atoms with Crippen LogP contribution in [-0.4, -0.2) is 68.8 Å². The summed E-state index contributed by atoms with van der Waals surface area (Å²) < 4.78 is 5.13. The number of likely N-dealkylation sites (tertiary alicyclic amines) is 1. The fraction of sp³-hybridized carbons (Fsp3) is 0.778. The number of piperidine rings is 1. The SMILES string of the molecule is CCc1cnc(CCNC(=NC)NC2CCN(CCCOC)CC2)s1.I. The molecule has 2 rings (SSSR count). The van der Waals surface area contributed by atoms with Gasteiger partial charge in [-0.05, 0) is 25.7 Å². The predicted molar refractivity (Wildman–Crippen MR) is 121 cm³/mol. The first-order valence-electron chi connectivity index (χ1n) is 9.37. The van der Waals surface area contributed by atoms with Crippen molar-refractivity contribution < 1.29 is 4.74 Å². The number of aliphatic imine (C=N–C) groups is 1. The molecule has 8 heteroatoms. The summed E-state index contributed by atoms with van der Waals surface area (Å²) >= 11 is 1.81. The van der Waals surface area contributed by atoms with E-state index in [1.165, 1.54) is 22.7 Å². The molecule has 0 bridgehead atoms. The lowest BCUT2D eigenvalue weighted by molar-refractivity contribution is 0.155. The van der Waals surface area contributed by atoms with Gasteiger partial charge in [0.15, 0.2) is 5.96 Å². The Balaban J connectivity index is 0.00000338. The van der Waals surface area contributed by atoms with Gasteiger partial charge in [-0.25, -0.2) is 4.98 Å². The average Bonchev–Trinajstić information content (AvgIpc) is 3.10. The van der Waals surface area contributed by atoms with Gasteiger partial charge in [-0.1, -0.05) is 6.92 Å². The number of aromatic nitrogens is 1. The molecule has 1 aliphatic rings. The molecule has 150 valence electrons. The topological polar surface area (TPSA) is 61.8 Å². The summed E-state index contributed by atoms with van der Waals surface area (Å²) in [6.45, 7) is 7.33. The average molecular weight is 495 g/mol. The van der Waals surface area contributed by atoms with Gasteiger partial charge in [-0.3, -0.25) is 4.99 Å². The minimum atomic E-state index is 0. The number of nitrogens with one attached hydrogen (secondary N) is 2. The van der Waals surface area contributed by atoms with Gasteiger partial charge in [0.05, 0.1) is 5.01 Å². The monoisotopic (exact) mass is 495 g/mol. The van der Waals surface area contributed by atoms with E-state index >= 15 is 0 Å². The minimum absolute atomic E-state index is 0. The van der Waals surface area contributed by atoms with Gasteiger partial charge >= 0.3 is 0 Å². The molecule has 1 aliphatic heterocycles. The molecule has 1 aromatic heterocycles. The Morgan fingerprint density at radius 3 is 2.81 bits per heavy atom. The van der Waals surface area contributed by atoms with Gasteiger partial charge in [0.2, 0.25) is 0 Å². The summed E-state index contributed by atoms with van der Waals surface area (Å²) in [5, 5.41) is 8.19. The second-order valence-electron chi connectivity index (χ2n) is 6.43. The second kappa shape index (κ2) is 13.7. The van der Waals surface area contributed by atoms with Crippen molar-refractivity contribution in [2.45, 2.75) is 45.1 Å². The maximum absolute atomic E-state index is 5.13. The molecule has 0 aliphatic carbocycles. The van der Waals surface area contributed by atoms with Crippen LogP contribution in [0, 0.1) is 0 Å². The van der Waals surface area contributed by atoms with Crippen molar-refractivity contribution in [3.8, 4) is 0 Å². The van der Waals surface area contributed by atoms with E-state index in [2.05, 4.69) is 32.4 Å². The normalized spacial score (nSPS) is 16.3. The van der Waals surface area contributed by atoms with Crippen molar-refractivity contribution in [3.63, 3.8) is 0 Å². The predicted octanol–water partition coefficient (Wildman–Crippen LogP) is 2.53. The van der Waals surface area contributed by atoms with Crippen molar-refractivity contribution in [3.05, 3.63) is 16.1 Å². The highest BCUT2D eigenvalue weighted by Gasteiger charge is 2.19. The lowest BCUT2D eigenvalue weighted by Gasteiger charge is -2.33. The number of methoxy groups -OCH3 is 1. The molecule has 2 heterocycles. The number of hydrogen-bond donors (Lipinski definition) is 2. The van der Waals surface area contributed by atoms with Crippen molar-refractivity contribution in [1.82, 2.24) is 20.5 Å². The van der Waals surface area contributed by atoms with Crippen molar-refractivity contribution in [2.24, 2.45) is 4.99 Å². The molecule has 1 fully saturated rings. The van der Waals surface area contributed by atoms with E-state index in [9.17, 15) is 0 Å². The standard InChI is InChI=1S/C18H33N5OS.HI/c1-4-16-14-21-17(25-16)6-9-20-18(19-2)22-15-7-11-23(12-8-15)10-5-13-24-3;/h14-15H,4-13H2,1-3H3,(H2,19,20,22);1H. The maximum Gasteiger partial charge on any atom is 0.191 e. The molecule has 0 unspecified atom stereocenters. The highest BCUT2D eigenvalue weighted by atomic mass is 127. The Bertz CT molecular complexity index is 517. The van der Waals surface area contributed by atoms with Crippen LogP contribution in [0.1, 0.15) is 36.1 Å². The molecule has 1 aromatic rings. The first-order chi connectivity index (χ1) is 12.2. The Morgan fingerprint density at radius 2 is 2.19 bits per heavy atom. The molecule has 1 saturated heterocycles. The molecule has 6 nitrogen and oxygen atoms in total. The fourth-order valence-electron chi connectivity index (χ4n) is 3.04. The van der Waals surface area contributed by atoms with E-state index in [0.717, 1.165) is 58.0 Å². The molecular formula is C18H34IN5OS. The van der Waals surface area contributed by atoms with E-state index in [1.807, 2.05) is 24.6 Å². The van der Waals surface area contributed by atoms with E-state index in [0.29, 0.717) is 6.04 Å². The van der Waals surface area contributed by atoms with E-state index in [1.54, 1.807) is 7.11 Å². The molecular weight excluding hydrogens is 461 g/mol. The highest BCUT2D eigenvalue weighted by Crippen LogP contribution is 2.13. The van der Waals surface area contributed by atoms with E-state index in [-0.39, 0.29) is 24.0 Å². The third-order valence-corrected chi connectivity index (χ3v) is 5.76. The number of ether oxygens (including phenoxy) is 1. The molecule has 2 N–H and O–H groups in total. The van der Waals surface area contributed by atoms with Crippen molar-refractivity contribution in [2.75, 3.05) is 46.9 Å². The Kier molecular flexibility index (Phi) is 12.4. The summed E-state index contributed by atoms with van der Waals surface area (Å²) in [7, 11) is 3.61. The number of rotatable bonds is 9. The van der Waals surface area contributed by atoms with Gasteiger partial charge in [0, 0.05) is 70.5 Å². The zero-order chi connectivity index (χ0) is 17.9. The first kappa shape index (κ1) is 23.6. The smallest absolute Gasteiger partial charge is 0.191 e. The zero-order valence-corrected chi connectivity index (χ0v) is 19.4. The number of aryl methyl sites for hydroxylation is 1. The largest absolute Gasteiger partial charge is 0.385 e. The number of guanidine groups is 1. The van der Waals surface area contributed by atoms with E-state index in [4.69, 9.17) is 4.74 Å². The van der Waals surface area contributed by atoms with Crippen LogP contribution in [0.2, 0.25) is 0 Å². The molecule has 0 radical (unpaired) electrons. The second-order valence-corrected chi connectivity index (χ2v) is 7.63. The third-order valence-electron chi connectivity index (χ3n) is 4.56. The quantitative estimate of drug-likeness (QED) is 0.239. The lowest BCUT2D eigenvalue weighted by Crippen LogP contribution is -2.49. The third kappa shape index (κ3) is 8.49. The summed E-state index contributed by atoms with van der Waals surface area (Å²) in [5.41, 5.74) is 0. The van der Waals surface area contributed by atoms with Crippen LogP contribution in [0.25, 0.3) is 0 Å². The Hall–Kier alpha value is -0.450. The lowest BCUT2D eigenvalue weighted by atomic mass is 10.1. The highest BCUT2D eigenvalue weighted by molar-refractivity contribution is 14.0. The van der Waals surface area contributed by atoms with Crippen molar-refractivity contribution in [1.29, 1.82) is 0 Å². The summed E-state index contributed by atoms with van der Waals surface area (Å²) in [5.74, 6) is 0.908. The number of thiazole rings is 1. The Morgan fingerprint density at radius 1 is 1.42 bits per heavy atom. The van der Waals surface area contributed by atoms with Crippen LogP contribution < -0.4 is 10.6 Å². The maximum atomic E-state index is 5.13. The van der Waals surface area contributed by atoms with Crippen LogP contribution in [-0.2, 0) is 17.6 Å². The first-order valence-corrected chi connectivity index (χ1v) is 10.2. The van der Waals surface area contributed by atoms with Crippen LogP contribution in [0.3, 0.4) is 0 Å². The van der Waals surface area contributed by atoms with Gasteiger partial charge in [0.25, 0.3) is 0 Å². The number of nitrogens with zero attached hydrogens (tertiary/aromatic N) is 3. The summed E-state index contributed by atoms with van der Waals surface area (Å²) in [6, 6.07) is 0.511. The molecule has 0 aromatic carbocycles. The van der Waals surface area contributed by atoms with Crippen molar-refractivity contribution >= 4 is 41.3 Å². The number of halogens is 1. The Labute approximate surface area is 179 Å². The summed E-state index contributed by atoms with van der Waals surface area (Å²) in [6.07, 6.45) is 7.46. The molecule has 0 saturated carbocycles. The van der Waals surface area contributed by atoms with Crippen LogP contribution in [0.5, 0.6) is 0 Å². The van der Waals surface area contributed by atoms with Gasteiger partial charge in [0.1, 0.15) is 0 Å². The van der Waals surface area contributed by atoms with Crippen LogP contribution >= 0.6 is 35.3 Å². The molecule has 0 spiro atoms. The zero-order valence-electron chi connectivity index (χ0n) is 16.3. The molecule has 26 heavy (non-hydrogen) atoms. The minimum Gasteiger partial charge on any atom is -0.385 e. The van der Waals surface area contributed by atoms with Gasteiger partial charge in [-0.2, -0.15) is 0 Å². The molecule has 0 amide bonds. The van der Waals surface area contributed by atoms with Gasteiger partial charge < -0.3 is 20.3 Å². The van der Waals surface area contributed by atoms with Gasteiger partial charge in [-0.15, -0.1) is 35.3 Å². The van der Waals surface area contributed by atoms with Crippen LogP contribution in [0.15, 0.2) is 11.2 Å². The summed E-state index contributed by atoms with van der Waals surface area (Å²) in [4.78, 5) is 12.7. The van der Waals surface area contributed by atoms with Crippen LogP contribution in [0.4, 0.5) is 0 Å².